The normalized spacial score (nSPS) is 25.8. The fourth-order valence-electron chi connectivity index (χ4n) is 8.70. The van der Waals surface area contributed by atoms with Crippen molar-refractivity contribution in [3.8, 4) is 11.1 Å². The van der Waals surface area contributed by atoms with Gasteiger partial charge < -0.3 is 0 Å². The van der Waals surface area contributed by atoms with Gasteiger partial charge in [0.05, 0.1) is 0 Å². The van der Waals surface area contributed by atoms with Gasteiger partial charge in [-0.2, -0.15) is 0 Å². The standard InChI is InChI=1S/C43H58/c1-27(2)18-33-15-17-35(30(5)21-33)25-40-31(6)19-28(3)20-42(40)38-13-11-12-36-22-34(24-41(36)38)23-39-29(4)14-16-37(32(39)7)26-43(8,9)10/h11-14,16,19-20,22,27,30,33,35,37,39H,4,7,15,17-18,21,23-26H2,1-3,5-6,8-10H3/t30-,33?,35-,37?,39?/m0/s1. The second-order valence-electron chi connectivity index (χ2n) is 16.3. The van der Waals surface area contributed by atoms with Crippen LogP contribution in [0, 0.1) is 54.8 Å². The van der Waals surface area contributed by atoms with Crippen LogP contribution in [0.2, 0.25) is 0 Å². The number of hydrogen-bond acceptors (Lipinski definition) is 0. The number of benzene rings is 2. The second-order valence-corrected chi connectivity index (χ2v) is 16.3. The third-order valence-electron chi connectivity index (χ3n) is 10.8. The van der Waals surface area contributed by atoms with Gasteiger partial charge in [-0.1, -0.05) is 126 Å². The SMILES string of the molecule is C=C1C=CC(CC(C)(C)C)C(=C)C1CC1=Cc2cccc(-c3cc(C)cc(C)c3C[C@@H]3CCC(CC(C)C)C[C@@H]3C)c2C1. The van der Waals surface area contributed by atoms with Gasteiger partial charge in [-0.05, 0) is 133 Å². The summed E-state index contributed by atoms with van der Waals surface area (Å²) in [5.74, 6) is 4.10. The predicted octanol–water partition coefficient (Wildman–Crippen LogP) is 12.3. The first kappa shape index (κ1) is 31.8. The molecule has 0 N–H and O–H groups in total. The first-order valence-electron chi connectivity index (χ1n) is 17.3. The van der Waals surface area contributed by atoms with Crippen molar-refractivity contribution in [2.75, 3.05) is 0 Å². The topological polar surface area (TPSA) is 0 Å². The third kappa shape index (κ3) is 7.38. The molecule has 3 aliphatic carbocycles. The molecule has 0 radical (unpaired) electrons. The molecule has 5 atom stereocenters. The molecule has 0 heteroatoms. The third-order valence-corrected chi connectivity index (χ3v) is 10.8. The lowest BCUT2D eigenvalue weighted by Crippen LogP contribution is -2.25. The summed E-state index contributed by atoms with van der Waals surface area (Å²) in [6, 6.07) is 11.9. The molecule has 3 aliphatic rings. The van der Waals surface area contributed by atoms with Crippen molar-refractivity contribution in [2.45, 2.75) is 107 Å². The molecule has 0 bridgehead atoms. The summed E-state index contributed by atoms with van der Waals surface area (Å²) >= 11 is 0. The molecule has 0 aromatic heterocycles. The van der Waals surface area contributed by atoms with Crippen molar-refractivity contribution in [1.82, 2.24) is 0 Å². The molecular formula is C43H58. The molecule has 5 rings (SSSR count). The Hall–Kier alpha value is -2.60. The molecule has 0 aliphatic heterocycles. The van der Waals surface area contributed by atoms with Crippen molar-refractivity contribution in [3.63, 3.8) is 0 Å². The molecule has 2 aromatic rings. The summed E-state index contributed by atoms with van der Waals surface area (Å²) in [7, 11) is 0. The Kier molecular flexibility index (Phi) is 9.46. The molecule has 0 nitrogen and oxygen atoms in total. The summed E-state index contributed by atoms with van der Waals surface area (Å²) in [6.45, 7) is 28.1. The van der Waals surface area contributed by atoms with Crippen LogP contribution in [0.3, 0.4) is 0 Å². The van der Waals surface area contributed by atoms with Crippen molar-refractivity contribution < 1.29 is 0 Å². The molecule has 0 amide bonds. The van der Waals surface area contributed by atoms with E-state index in [-0.39, 0.29) is 5.41 Å². The van der Waals surface area contributed by atoms with E-state index in [1.54, 1.807) is 5.56 Å². The molecule has 2 aromatic carbocycles. The van der Waals surface area contributed by atoms with E-state index in [9.17, 15) is 0 Å². The van der Waals surface area contributed by atoms with Crippen LogP contribution in [0.4, 0.5) is 0 Å². The zero-order valence-electron chi connectivity index (χ0n) is 28.7. The molecule has 1 fully saturated rings. The van der Waals surface area contributed by atoms with Gasteiger partial charge in [-0.3, -0.25) is 0 Å². The van der Waals surface area contributed by atoms with E-state index in [4.69, 9.17) is 0 Å². The first-order valence-corrected chi connectivity index (χ1v) is 17.3. The van der Waals surface area contributed by atoms with Gasteiger partial charge in [0.2, 0.25) is 0 Å². The van der Waals surface area contributed by atoms with Crippen LogP contribution in [-0.2, 0) is 12.8 Å². The summed E-state index contributed by atoms with van der Waals surface area (Å²) in [6.07, 6.45) is 17.1. The van der Waals surface area contributed by atoms with E-state index in [0.717, 1.165) is 42.9 Å². The minimum atomic E-state index is 0.286. The van der Waals surface area contributed by atoms with Gasteiger partial charge >= 0.3 is 0 Å². The lowest BCUT2D eigenvalue weighted by molar-refractivity contribution is 0.175. The molecule has 0 saturated heterocycles. The van der Waals surface area contributed by atoms with E-state index in [1.807, 2.05) is 0 Å². The Morgan fingerprint density at radius 2 is 1.74 bits per heavy atom. The molecular weight excluding hydrogens is 516 g/mol. The van der Waals surface area contributed by atoms with Crippen LogP contribution in [0.15, 0.2) is 72.4 Å². The van der Waals surface area contributed by atoms with E-state index < -0.39 is 0 Å². The van der Waals surface area contributed by atoms with Crippen molar-refractivity contribution in [2.24, 2.45) is 40.9 Å². The highest BCUT2D eigenvalue weighted by atomic mass is 14.4. The molecule has 230 valence electrons. The minimum absolute atomic E-state index is 0.286. The van der Waals surface area contributed by atoms with Crippen LogP contribution < -0.4 is 0 Å². The maximum Gasteiger partial charge on any atom is 0.00827 e. The maximum atomic E-state index is 4.64. The number of allylic oxidation sites excluding steroid dienone is 5. The van der Waals surface area contributed by atoms with Gasteiger partial charge in [0.1, 0.15) is 0 Å². The number of rotatable bonds is 8. The Labute approximate surface area is 264 Å². The Morgan fingerprint density at radius 1 is 0.977 bits per heavy atom. The van der Waals surface area contributed by atoms with E-state index in [2.05, 4.69) is 117 Å². The van der Waals surface area contributed by atoms with Gasteiger partial charge in [0, 0.05) is 5.92 Å². The number of fused-ring (bicyclic) bond motifs is 1. The van der Waals surface area contributed by atoms with Gasteiger partial charge in [-0.15, -0.1) is 0 Å². The van der Waals surface area contributed by atoms with Gasteiger partial charge in [0.25, 0.3) is 0 Å². The Morgan fingerprint density at radius 3 is 2.44 bits per heavy atom. The van der Waals surface area contributed by atoms with Crippen LogP contribution in [0.25, 0.3) is 17.2 Å². The van der Waals surface area contributed by atoms with Crippen molar-refractivity contribution in [3.05, 3.63) is 100 Å². The van der Waals surface area contributed by atoms with Gasteiger partial charge in [-0.25, -0.2) is 0 Å². The van der Waals surface area contributed by atoms with Crippen molar-refractivity contribution in [1.29, 1.82) is 0 Å². The molecule has 1 saturated carbocycles. The summed E-state index contributed by atoms with van der Waals surface area (Å²) in [5, 5.41) is 0. The fourth-order valence-corrected chi connectivity index (χ4v) is 8.70. The smallest absolute Gasteiger partial charge is 0.00827 e. The lowest BCUT2D eigenvalue weighted by atomic mass is 9.70. The Bertz CT molecular complexity index is 1420. The zero-order chi connectivity index (χ0) is 31.1. The maximum absolute atomic E-state index is 4.64. The molecule has 0 heterocycles. The average molecular weight is 575 g/mol. The quantitative estimate of drug-likeness (QED) is 0.275. The highest BCUT2D eigenvalue weighted by Crippen LogP contribution is 2.45. The van der Waals surface area contributed by atoms with Crippen LogP contribution in [0.5, 0.6) is 0 Å². The summed E-state index contributed by atoms with van der Waals surface area (Å²) in [5.41, 5.74) is 14.7. The zero-order valence-corrected chi connectivity index (χ0v) is 28.7. The summed E-state index contributed by atoms with van der Waals surface area (Å²) < 4.78 is 0. The predicted molar refractivity (Wildman–Crippen MR) is 189 cm³/mol. The minimum Gasteiger partial charge on any atom is -0.0986 e. The number of hydrogen-bond donors (Lipinski definition) is 0. The highest BCUT2D eigenvalue weighted by Gasteiger charge is 2.32. The van der Waals surface area contributed by atoms with E-state index in [0.29, 0.717) is 11.8 Å². The lowest BCUT2D eigenvalue weighted by Gasteiger charge is -2.36. The number of aryl methyl sites for hydroxylation is 2. The van der Waals surface area contributed by atoms with Crippen LogP contribution in [-0.4, -0.2) is 0 Å². The first-order chi connectivity index (χ1) is 20.3. The van der Waals surface area contributed by atoms with Crippen LogP contribution >= 0.6 is 0 Å². The summed E-state index contributed by atoms with van der Waals surface area (Å²) in [4.78, 5) is 0. The van der Waals surface area contributed by atoms with Gasteiger partial charge in [0.15, 0.2) is 0 Å². The molecule has 3 unspecified atom stereocenters. The second kappa shape index (κ2) is 12.8. The van der Waals surface area contributed by atoms with E-state index >= 15 is 0 Å². The van der Waals surface area contributed by atoms with Crippen LogP contribution in [0.1, 0.15) is 108 Å². The molecule has 43 heavy (non-hydrogen) atoms. The average Bonchev–Trinajstić information content (AvgIpc) is 3.33. The Balaban J connectivity index is 1.37. The molecule has 0 spiro atoms. The van der Waals surface area contributed by atoms with Crippen molar-refractivity contribution >= 4 is 6.08 Å². The monoisotopic (exact) mass is 574 g/mol. The highest BCUT2D eigenvalue weighted by molar-refractivity contribution is 5.80. The largest absolute Gasteiger partial charge is 0.0986 e. The fraction of sp³-hybridized carbons (Fsp3) is 0.535. The van der Waals surface area contributed by atoms with E-state index in [1.165, 1.54) is 82.2 Å².